The third-order valence-electron chi connectivity index (χ3n) is 10.6. The predicted octanol–water partition coefficient (Wildman–Crippen LogP) is 15.3. The van der Waals surface area contributed by atoms with Gasteiger partial charge in [0.1, 0.15) is 6.10 Å². The van der Waals surface area contributed by atoms with E-state index in [-0.39, 0.29) is 12.6 Å². The Morgan fingerprint density at radius 2 is 0.765 bits per heavy atom. The Morgan fingerprint density at radius 3 is 1.14 bits per heavy atom. The van der Waals surface area contributed by atoms with Gasteiger partial charge in [0.05, 0.1) is 13.2 Å². The lowest BCUT2D eigenvalue weighted by atomic mass is 10.0. The van der Waals surface area contributed by atoms with Crippen LogP contribution in [0.1, 0.15) is 258 Å². The van der Waals surface area contributed by atoms with Crippen LogP contribution in [0.3, 0.4) is 0 Å². The third-order valence-corrected chi connectivity index (χ3v) is 10.6. The van der Waals surface area contributed by atoms with Gasteiger partial charge in [-0.15, -0.1) is 0 Å². The van der Waals surface area contributed by atoms with E-state index in [0.717, 1.165) is 19.3 Å². The van der Waals surface area contributed by atoms with E-state index in [9.17, 15) is 9.90 Å². The number of carbonyl (C=O) groups excluding carboxylic acids is 1. The fourth-order valence-corrected chi connectivity index (χ4v) is 7.09. The van der Waals surface area contributed by atoms with Gasteiger partial charge in [-0.2, -0.15) is 0 Å². The molecular formula is C47H92O4. The maximum Gasteiger partial charge on any atom is 0.306 e. The lowest BCUT2D eigenvalue weighted by molar-refractivity contribution is -0.154. The van der Waals surface area contributed by atoms with Gasteiger partial charge in [-0.1, -0.05) is 225 Å². The first-order valence-corrected chi connectivity index (χ1v) is 23.3. The van der Waals surface area contributed by atoms with Gasteiger partial charge >= 0.3 is 5.97 Å². The highest BCUT2D eigenvalue weighted by Gasteiger charge is 2.13. The number of aliphatic hydroxyl groups is 1. The Kier molecular flexibility index (Phi) is 44.5. The molecule has 304 valence electrons. The highest BCUT2D eigenvalue weighted by Crippen LogP contribution is 2.16. The van der Waals surface area contributed by atoms with E-state index in [4.69, 9.17) is 9.47 Å². The first-order valence-electron chi connectivity index (χ1n) is 23.3. The van der Waals surface area contributed by atoms with E-state index in [1.54, 1.807) is 0 Å². The fourth-order valence-electron chi connectivity index (χ4n) is 7.09. The number of allylic oxidation sites excluding steroid dienone is 2. The van der Waals surface area contributed by atoms with Crippen LogP contribution in [0.5, 0.6) is 0 Å². The molecule has 1 atom stereocenters. The Hall–Kier alpha value is -0.870. The van der Waals surface area contributed by atoms with Crippen LogP contribution < -0.4 is 0 Å². The minimum atomic E-state index is -0.532. The van der Waals surface area contributed by atoms with Gasteiger partial charge in [0.15, 0.2) is 0 Å². The maximum atomic E-state index is 12.2. The van der Waals surface area contributed by atoms with Crippen molar-refractivity contribution >= 4 is 5.97 Å². The van der Waals surface area contributed by atoms with E-state index >= 15 is 0 Å². The SMILES string of the molecule is CCCCCC/C=C\CCCCCCCC(=O)OC(CO)COCCCCCCCCCCCCCCCCCCCCCCCCCCCC. The van der Waals surface area contributed by atoms with Crippen LogP contribution in [0.15, 0.2) is 12.2 Å². The zero-order valence-electron chi connectivity index (χ0n) is 34.9. The molecule has 0 saturated heterocycles. The summed E-state index contributed by atoms with van der Waals surface area (Å²) in [7, 11) is 0. The quantitative estimate of drug-likeness (QED) is 0.0387. The van der Waals surface area contributed by atoms with Gasteiger partial charge in [0.25, 0.3) is 0 Å². The first kappa shape index (κ1) is 50.1. The third kappa shape index (κ3) is 43.4. The molecule has 0 aromatic carbocycles. The minimum Gasteiger partial charge on any atom is -0.457 e. The van der Waals surface area contributed by atoms with Crippen molar-refractivity contribution in [2.24, 2.45) is 0 Å². The zero-order valence-corrected chi connectivity index (χ0v) is 34.9. The second kappa shape index (κ2) is 45.3. The molecule has 0 aromatic heterocycles. The fraction of sp³-hybridized carbons (Fsp3) is 0.936. The van der Waals surface area contributed by atoms with Crippen LogP contribution in [-0.4, -0.2) is 37.0 Å². The average molecular weight is 721 g/mol. The highest BCUT2D eigenvalue weighted by molar-refractivity contribution is 5.69. The van der Waals surface area contributed by atoms with Crippen LogP contribution in [0.25, 0.3) is 0 Å². The van der Waals surface area contributed by atoms with Crippen LogP contribution in [-0.2, 0) is 14.3 Å². The summed E-state index contributed by atoms with van der Waals surface area (Å²) >= 11 is 0. The molecule has 0 aromatic rings. The van der Waals surface area contributed by atoms with Crippen molar-refractivity contribution in [2.75, 3.05) is 19.8 Å². The van der Waals surface area contributed by atoms with E-state index in [0.29, 0.717) is 19.6 Å². The van der Waals surface area contributed by atoms with E-state index in [1.807, 2.05) is 0 Å². The summed E-state index contributed by atoms with van der Waals surface area (Å²) in [6.07, 6.45) is 54.4. The molecule has 0 heterocycles. The molecule has 51 heavy (non-hydrogen) atoms. The topological polar surface area (TPSA) is 55.8 Å². The summed E-state index contributed by atoms with van der Waals surface area (Å²) in [6, 6.07) is 0. The number of hydrogen-bond donors (Lipinski definition) is 1. The van der Waals surface area contributed by atoms with Crippen molar-refractivity contribution in [3.05, 3.63) is 12.2 Å². The molecule has 0 amide bonds. The molecule has 1 unspecified atom stereocenters. The van der Waals surface area contributed by atoms with Crippen LogP contribution in [0.4, 0.5) is 0 Å². The Morgan fingerprint density at radius 1 is 0.451 bits per heavy atom. The molecule has 0 rings (SSSR count). The number of carbonyl (C=O) groups is 1. The Labute approximate surface area is 320 Å². The monoisotopic (exact) mass is 721 g/mol. The summed E-state index contributed by atoms with van der Waals surface area (Å²) in [5.41, 5.74) is 0. The molecule has 0 spiro atoms. The van der Waals surface area contributed by atoms with Gasteiger partial charge in [0, 0.05) is 13.0 Å². The average Bonchev–Trinajstić information content (AvgIpc) is 3.14. The summed E-state index contributed by atoms with van der Waals surface area (Å²) in [5, 5.41) is 9.60. The molecule has 0 aliphatic heterocycles. The molecule has 0 aliphatic carbocycles. The zero-order chi connectivity index (χ0) is 37.0. The molecule has 4 heteroatoms. The molecule has 1 N–H and O–H groups in total. The standard InChI is InChI=1S/C47H92O4/c1-3-5-7-9-11-13-15-17-18-19-20-21-22-23-24-25-26-27-28-29-31-33-35-37-39-41-43-50-45-46(44-48)51-47(49)42-40-38-36-34-32-30-16-14-12-10-8-6-4-2/h14,16,46,48H,3-13,15,17-45H2,1-2H3/b16-14-. The summed E-state index contributed by atoms with van der Waals surface area (Å²) in [5.74, 6) is -0.205. The van der Waals surface area contributed by atoms with Crippen molar-refractivity contribution < 1.29 is 19.4 Å². The van der Waals surface area contributed by atoms with Crippen molar-refractivity contribution in [2.45, 2.75) is 264 Å². The van der Waals surface area contributed by atoms with Crippen molar-refractivity contribution in [3.8, 4) is 0 Å². The van der Waals surface area contributed by atoms with Crippen molar-refractivity contribution in [1.29, 1.82) is 0 Å². The van der Waals surface area contributed by atoms with E-state index < -0.39 is 6.10 Å². The van der Waals surface area contributed by atoms with E-state index in [2.05, 4.69) is 26.0 Å². The molecule has 0 saturated carbocycles. The van der Waals surface area contributed by atoms with Gasteiger partial charge in [0.2, 0.25) is 0 Å². The van der Waals surface area contributed by atoms with Gasteiger partial charge < -0.3 is 14.6 Å². The summed E-state index contributed by atoms with van der Waals surface area (Å²) < 4.78 is 11.2. The number of esters is 1. The summed E-state index contributed by atoms with van der Waals surface area (Å²) in [6.45, 7) is 5.37. The second-order valence-electron chi connectivity index (χ2n) is 15.8. The molecule has 4 nitrogen and oxygen atoms in total. The number of unbranched alkanes of at least 4 members (excludes halogenated alkanes) is 34. The molecule has 0 aliphatic rings. The highest BCUT2D eigenvalue weighted by atomic mass is 16.6. The second-order valence-corrected chi connectivity index (χ2v) is 15.8. The molecule has 0 bridgehead atoms. The van der Waals surface area contributed by atoms with Gasteiger partial charge in [-0.05, 0) is 38.5 Å². The van der Waals surface area contributed by atoms with E-state index in [1.165, 1.54) is 218 Å². The number of hydrogen-bond acceptors (Lipinski definition) is 4. The number of ether oxygens (including phenoxy) is 2. The first-order chi connectivity index (χ1) is 25.2. The van der Waals surface area contributed by atoms with Crippen LogP contribution in [0, 0.1) is 0 Å². The maximum absolute atomic E-state index is 12.2. The summed E-state index contributed by atoms with van der Waals surface area (Å²) in [4.78, 5) is 12.2. The Bertz CT molecular complexity index is 677. The van der Waals surface area contributed by atoms with Crippen molar-refractivity contribution in [1.82, 2.24) is 0 Å². The van der Waals surface area contributed by atoms with Crippen LogP contribution >= 0.6 is 0 Å². The lowest BCUT2D eigenvalue weighted by Crippen LogP contribution is -2.27. The number of aliphatic hydroxyl groups excluding tert-OH is 1. The molecule has 0 radical (unpaired) electrons. The van der Waals surface area contributed by atoms with Gasteiger partial charge in [-0.3, -0.25) is 4.79 Å². The predicted molar refractivity (Wildman–Crippen MR) is 224 cm³/mol. The van der Waals surface area contributed by atoms with Crippen LogP contribution in [0.2, 0.25) is 0 Å². The normalized spacial score (nSPS) is 12.3. The van der Waals surface area contributed by atoms with Crippen molar-refractivity contribution in [3.63, 3.8) is 0 Å². The largest absolute Gasteiger partial charge is 0.457 e. The lowest BCUT2D eigenvalue weighted by Gasteiger charge is -2.15. The smallest absolute Gasteiger partial charge is 0.306 e. The molecular weight excluding hydrogens is 629 g/mol. The minimum absolute atomic E-state index is 0.169. The molecule has 0 fully saturated rings. The number of rotatable bonds is 44. The van der Waals surface area contributed by atoms with Gasteiger partial charge in [-0.25, -0.2) is 0 Å². The Balaban J connectivity index is 3.32.